The van der Waals surface area contributed by atoms with E-state index in [1.54, 1.807) is 0 Å². The second kappa shape index (κ2) is 23.1. The van der Waals surface area contributed by atoms with Crippen molar-refractivity contribution in [3.05, 3.63) is 173 Å². The van der Waals surface area contributed by atoms with Gasteiger partial charge in [-0.05, 0) is 41.3 Å². The van der Waals surface area contributed by atoms with Gasteiger partial charge in [0.15, 0.2) is 12.4 Å². The van der Waals surface area contributed by atoms with Gasteiger partial charge in [0.05, 0.1) is 33.5 Å². The maximum absolute atomic E-state index is 14.1. The molecule has 7 rings (SSSR count). The molecule has 0 spiro atoms. The number of thioether (sulfide) groups is 1. The molecular formula is C50H54O12S. The van der Waals surface area contributed by atoms with Crippen LogP contribution in [0.5, 0.6) is 0 Å². The van der Waals surface area contributed by atoms with Crippen molar-refractivity contribution in [2.24, 2.45) is 0 Å². The molecule has 0 radical (unpaired) electrons. The summed E-state index contributed by atoms with van der Waals surface area (Å²) in [4.78, 5) is 27.1. The zero-order valence-electron chi connectivity index (χ0n) is 35.5. The Balaban J connectivity index is 1.29. The Bertz CT molecular complexity index is 2130. The maximum Gasteiger partial charge on any atom is 0.337 e. The lowest BCUT2D eigenvalue weighted by Gasteiger charge is -2.49. The molecule has 0 saturated carbocycles. The highest BCUT2D eigenvalue weighted by Crippen LogP contribution is 2.40. The molecule has 2 saturated heterocycles. The first-order chi connectivity index (χ1) is 30.7. The summed E-state index contributed by atoms with van der Waals surface area (Å²) in [7, 11) is 1.28. The molecule has 2 fully saturated rings. The minimum atomic E-state index is -1.36. The third-order valence-electron chi connectivity index (χ3n) is 10.7. The molecule has 2 heterocycles. The van der Waals surface area contributed by atoms with E-state index in [1.165, 1.54) is 25.8 Å². The fourth-order valence-corrected chi connectivity index (χ4v) is 8.51. The highest BCUT2D eigenvalue weighted by molar-refractivity contribution is 7.99. The van der Waals surface area contributed by atoms with E-state index in [-0.39, 0.29) is 33.0 Å². The predicted octanol–water partition coefficient (Wildman–Crippen LogP) is 7.36. The third-order valence-corrected chi connectivity index (χ3v) is 11.9. The summed E-state index contributed by atoms with van der Waals surface area (Å²) in [5, 5.41) is 11.9. The van der Waals surface area contributed by atoms with Crippen LogP contribution in [-0.4, -0.2) is 91.3 Å². The van der Waals surface area contributed by atoms with E-state index in [2.05, 4.69) is 0 Å². The van der Waals surface area contributed by atoms with Crippen molar-refractivity contribution in [1.82, 2.24) is 0 Å². The topological polar surface area (TPSA) is 137 Å². The van der Waals surface area contributed by atoms with Crippen LogP contribution in [0.2, 0.25) is 0 Å². The van der Waals surface area contributed by atoms with Crippen molar-refractivity contribution in [3.63, 3.8) is 0 Å². The van der Waals surface area contributed by atoms with E-state index in [9.17, 15) is 14.7 Å². The van der Waals surface area contributed by atoms with Gasteiger partial charge in [-0.25, -0.2) is 4.79 Å². The van der Waals surface area contributed by atoms with Crippen LogP contribution in [0.3, 0.4) is 0 Å². The van der Waals surface area contributed by atoms with Gasteiger partial charge in [0.25, 0.3) is 0 Å². The lowest BCUT2D eigenvalue weighted by Crippen LogP contribution is -2.66. The van der Waals surface area contributed by atoms with Crippen molar-refractivity contribution in [2.45, 2.75) is 106 Å². The number of aliphatic hydroxyl groups is 1. The molecule has 10 atom stereocenters. The largest absolute Gasteiger partial charge is 0.467 e. The van der Waals surface area contributed by atoms with Gasteiger partial charge < -0.3 is 47.7 Å². The van der Waals surface area contributed by atoms with Crippen molar-refractivity contribution in [3.8, 4) is 0 Å². The smallest absolute Gasteiger partial charge is 0.337 e. The minimum absolute atomic E-state index is 0.0921. The normalized spacial score (nSPS) is 25.8. The van der Waals surface area contributed by atoms with Gasteiger partial charge in [-0.2, -0.15) is 0 Å². The zero-order valence-corrected chi connectivity index (χ0v) is 36.3. The fourth-order valence-electron chi connectivity index (χ4n) is 7.40. The third kappa shape index (κ3) is 12.8. The number of aryl methyl sites for hydroxylation is 1. The lowest BCUT2D eigenvalue weighted by atomic mass is 9.96. The van der Waals surface area contributed by atoms with Gasteiger partial charge in [-0.3, -0.25) is 4.79 Å². The molecule has 0 unspecified atom stereocenters. The first kappa shape index (κ1) is 46.1. The molecule has 2 aliphatic heterocycles. The minimum Gasteiger partial charge on any atom is -0.467 e. The zero-order chi connectivity index (χ0) is 44.0. The lowest BCUT2D eigenvalue weighted by molar-refractivity contribution is -0.351. The molecule has 5 aromatic rings. The van der Waals surface area contributed by atoms with Gasteiger partial charge >= 0.3 is 11.9 Å². The number of carbonyl (C=O) groups excluding carboxylic acids is 2. The monoisotopic (exact) mass is 878 g/mol. The Kier molecular flexibility index (Phi) is 16.9. The van der Waals surface area contributed by atoms with Crippen molar-refractivity contribution in [2.75, 3.05) is 13.7 Å². The van der Waals surface area contributed by atoms with Crippen molar-refractivity contribution >= 4 is 23.7 Å². The van der Waals surface area contributed by atoms with Crippen LogP contribution in [-0.2, 0) is 78.6 Å². The van der Waals surface area contributed by atoms with E-state index in [1.807, 2.05) is 153 Å². The Hall–Kier alpha value is -4.93. The Morgan fingerprint density at radius 3 is 1.52 bits per heavy atom. The van der Waals surface area contributed by atoms with Crippen LogP contribution in [0.1, 0.15) is 34.7 Å². The molecular weight excluding hydrogens is 825 g/mol. The molecule has 0 aromatic heterocycles. The van der Waals surface area contributed by atoms with Crippen molar-refractivity contribution in [1.29, 1.82) is 0 Å². The fraction of sp³-hybridized carbons (Fsp3) is 0.360. The Labute approximate surface area is 372 Å². The summed E-state index contributed by atoms with van der Waals surface area (Å²) in [5.74, 6) is -1.28. The van der Waals surface area contributed by atoms with Gasteiger partial charge in [0.1, 0.15) is 54.8 Å². The molecule has 1 N–H and O–H groups in total. The van der Waals surface area contributed by atoms with Crippen LogP contribution in [0.15, 0.2) is 150 Å². The van der Waals surface area contributed by atoms with E-state index in [0.717, 1.165) is 32.7 Å². The standard InChI is InChI=1S/C50H54O12S/c1-33-24-26-39(27-25-33)63-50-47(59-31-38-22-14-7-15-23-38)43(57-29-36-18-10-5-11-19-36)44(45(62-50)48(53)54-3)61-49-46(58-30-37-20-12-6-13-21-37)42(56-28-35-16-8-4-9-17-35)41(52)40(60-49)32-55-34(2)51/h4-27,40-47,49-50,52H,28-32H2,1-3H3/t40-,41+,42-,43-,44-,45-,46-,47-,49-,50+/m0/s1. The average molecular weight is 879 g/mol. The first-order valence-electron chi connectivity index (χ1n) is 21.0. The number of hydrogen-bond donors (Lipinski definition) is 1. The molecule has 0 bridgehead atoms. The summed E-state index contributed by atoms with van der Waals surface area (Å²) in [5.41, 5.74) is 3.78. The van der Waals surface area contributed by atoms with Crippen LogP contribution in [0.25, 0.3) is 0 Å². The quantitative estimate of drug-likeness (QED) is 0.0829. The summed E-state index contributed by atoms with van der Waals surface area (Å²) in [6.07, 6.45) is -10.4. The van der Waals surface area contributed by atoms with Crippen molar-refractivity contribution < 1.29 is 57.3 Å². The molecule has 12 nitrogen and oxygen atoms in total. The molecule has 13 heteroatoms. The number of esters is 2. The summed E-state index contributed by atoms with van der Waals surface area (Å²) in [6.45, 7) is 3.48. The molecule has 332 valence electrons. The van der Waals surface area contributed by atoms with Gasteiger partial charge in [0, 0.05) is 11.8 Å². The summed E-state index contributed by atoms with van der Waals surface area (Å²) < 4.78 is 57.9. The first-order valence-corrected chi connectivity index (χ1v) is 21.8. The Morgan fingerprint density at radius 2 is 1.05 bits per heavy atom. The highest BCUT2D eigenvalue weighted by Gasteiger charge is 2.56. The SMILES string of the molecule is COC(=O)[C@H]1O[C@H](Sc2ccc(C)cc2)[C@@H](OCc2ccccc2)[C@@H](OCc2ccccc2)[C@@H]1O[C@@H]1O[C@@H](COC(C)=O)[C@@H](O)[C@H](OCc2ccccc2)[C@@H]1OCc1ccccc1. The van der Waals surface area contributed by atoms with E-state index in [0.29, 0.717) is 0 Å². The van der Waals surface area contributed by atoms with E-state index >= 15 is 0 Å². The maximum atomic E-state index is 14.1. The predicted molar refractivity (Wildman–Crippen MR) is 234 cm³/mol. The number of hydrogen-bond acceptors (Lipinski definition) is 13. The molecule has 63 heavy (non-hydrogen) atoms. The van der Waals surface area contributed by atoms with E-state index in [4.69, 9.17) is 42.6 Å². The van der Waals surface area contributed by atoms with Gasteiger partial charge in [0.2, 0.25) is 0 Å². The summed E-state index contributed by atoms with van der Waals surface area (Å²) >= 11 is 1.39. The van der Waals surface area contributed by atoms with Gasteiger partial charge in [-0.15, -0.1) is 0 Å². The van der Waals surface area contributed by atoms with Crippen LogP contribution >= 0.6 is 11.8 Å². The molecule has 5 aromatic carbocycles. The molecule has 2 aliphatic rings. The number of benzene rings is 5. The number of rotatable bonds is 19. The Morgan fingerprint density at radius 1 is 0.587 bits per heavy atom. The van der Waals surface area contributed by atoms with E-state index < -0.39 is 72.5 Å². The number of aliphatic hydroxyl groups excluding tert-OH is 1. The molecule has 0 amide bonds. The van der Waals surface area contributed by atoms with Gasteiger partial charge in [-0.1, -0.05) is 151 Å². The van der Waals surface area contributed by atoms with Crippen LogP contribution < -0.4 is 0 Å². The average Bonchev–Trinajstić information content (AvgIpc) is 3.31. The number of carbonyl (C=O) groups is 2. The number of ether oxygens (including phenoxy) is 9. The van der Waals surface area contributed by atoms with Crippen LogP contribution in [0.4, 0.5) is 0 Å². The highest BCUT2D eigenvalue weighted by atomic mass is 32.2. The van der Waals surface area contributed by atoms with Crippen LogP contribution in [0, 0.1) is 6.92 Å². The second-order valence-corrected chi connectivity index (χ2v) is 16.5. The molecule has 0 aliphatic carbocycles. The second-order valence-electron chi connectivity index (χ2n) is 15.4. The summed E-state index contributed by atoms with van der Waals surface area (Å²) in [6, 6.07) is 46.4. The number of methoxy groups -OCH3 is 1.